The molecule has 0 saturated carbocycles. The van der Waals surface area contributed by atoms with Crippen LogP contribution in [0.2, 0.25) is 0 Å². The van der Waals surface area contributed by atoms with Crippen molar-refractivity contribution in [2.75, 3.05) is 0 Å². The number of carbonyl (C=O) groups is 2. The van der Waals surface area contributed by atoms with Gasteiger partial charge in [-0.15, -0.1) is 0 Å². The Bertz CT molecular complexity index is 265. The van der Waals surface area contributed by atoms with Crippen LogP contribution in [0.25, 0.3) is 0 Å². The zero-order valence-electron chi connectivity index (χ0n) is 14.7. The number of unbranched alkanes of at least 4 members (excludes halogenated alkanes) is 3. The van der Waals surface area contributed by atoms with Gasteiger partial charge in [0.2, 0.25) is 0 Å². The van der Waals surface area contributed by atoms with Crippen molar-refractivity contribution in [3.63, 3.8) is 0 Å². The smallest absolute Gasteiger partial charge is 0.550 e. The van der Waals surface area contributed by atoms with Gasteiger partial charge in [-0.1, -0.05) is 59.8 Å². The molecule has 0 amide bonds. The van der Waals surface area contributed by atoms with Crippen LogP contribution in [0.1, 0.15) is 85.5 Å². The Kier molecular flexibility index (Phi) is 23.0. The first-order valence-electron chi connectivity index (χ1n) is 8.15. The molecule has 5 heteroatoms. The molecule has 0 rings (SSSR count). The third-order valence-corrected chi connectivity index (χ3v) is 3.07. The zero-order valence-corrected chi connectivity index (χ0v) is 18.5. The van der Waals surface area contributed by atoms with E-state index in [2.05, 4.69) is 27.7 Å². The van der Waals surface area contributed by atoms with Crippen molar-refractivity contribution in [3.8, 4) is 0 Å². The number of hydrogen-bond acceptors (Lipinski definition) is 4. The molecule has 0 aromatic rings. The molecular weight excluding hydrogens is 475 g/mol. The quantitative estimate of drug-likeness (QED) is 0.316. The van der Waals surface area contributed by atoms with E-state index in [1.165, 1.54) is 6.42 Å². The average Bonchev–Trinajstić information content (AvgIpc) is 2.34. The molecule has 2 radical (unpaired) electrons. The van der Waals surface area contributed by atoms with Gasteiger partial charge >= 0.3 is 27.3 Å². The second kappa shape index (κ2) is 18.9. The molecule has 0 aromatic carbocycles. The molecule has 4 nitrogen and oxygen atoms in total. The number of carboxylic acid groups (broad SMARTS) is 2. The third kappa shape index (κ3) is 32.0. The fourth-order valence-electron chi connectivity index (χ4n) is 1.82. The Labute approximate surface area is 156 Å². The molecule has 0 bridgehead atoms. The number of carbonyl (C=O) groups excluding carboxylic acids is 2. The van der Waals surface area contributed by atoms with Crippen molar-refractivity contribution in [3.05, 3.63) is 0 Å². The van der Waals surface area contributed by atoms with E-state index in [1.807, 2.05) is 0 Å². The molecular formula is C17H32O4Pb. The number of rotatable bonds is 11. The van der Waals surface area contributed by atoms with E-state index >= 15 is 0 Å². The van der Waals surface area contributed by atoms with E-state index in [-0.39, 0.29) is 40.1 Å². The molecule has 0 N–H and O–H groups in total. The standard InChI is InChI=1S/C9H18O2.C8H16O2.Pb/c1-8(2)6-4-3-5-7-9(10)11;1-7(2)5-3-4-6-8(9)10;/h8H,3-7H2,1-2H3,(H,10,11);7H,3-6H2,1-2H3,(H,9,10);/q;;+2/p-2. The molecule has 0 saturated heterocycles. The second-order valence-electron chi connectivity index (χ2n) is 6.38. The van der Waals surface area contributed by atoms with Crippen LogP contribution in [0.4, 0.5) is 0 Å². The first kappa shape index (κ1) is 26.7. The van der Waals surface area contributed by atoms with Gasteiger partial charge in [-0.2, -0.15) is 0 Å². The summed E-state index contributed by atoms with van der Waals surface area (Å²) in [5.41, 5.74) is 0. The summed E-state index contributed by atoms with van der Waals surface area (Å²) in [4.78, 5) is 19.9. The van der Waals surface area contributed by atoms with Gasteiger partial charge in [0.05, 0.1) is 0 Å². The average molecular weight is 508 g/mol. The number of hydrogen-bond donors (Lipinski definition) is 0. The van der Waals surface area contributed by atoms with Crippen LogP contribution in [0.5, 0.6) is 0 Å². The summed E-state index contributed by atoms with van der Waals surface area (Å²) < 4.78 is 0. The monoisotopic (exact) mass is 508 g/mol. The van der Waals surface area contributed by atoms with Gasteiger partial charge < -0.3 is 19.8 Å². The predicted octanol–water partition coefficient (Wildman–Crippen LogP) is 1.91. The molecule has 0 aliphatic carbocycles. The van der Waals surface area contributed by atoms with Crippen LogP contribution in [0.15, 0.2) is 0 Å². The van der Waals surface area contributed by atoms with Crippen molar-refractivity contribution < 1.29 is 19.8 Å². The van der Waals surface area contributed by atoms with Gasteiger partial charge in [-0.3, -0.25) is 0 Å². The molecule has 0 aliphatic heterocycles. The largest absolute Gasteiger partial charge is 2.00 e. The van der Waals surface area contributed by atoms with Crippen LogP contribution in [0.3, 0.4) is 0 Å². The second-order valence-corrected chi connectivity index (χ2v) is 6.38. The van der Waals surface area contributed by atoms with Gasteiger partial charge in [0, 0.05) is 11.9 Å². The van der Waals surface area contributed by atoms with E-state index < -0.39 is 11.9 Å². The van der Waals surface area contributed by atoms with E-state index in [9.17, 15) is 19.8 Å². The van der Waals surface area contributed by atoms with Crippen molar-refractivity contribution >= 4 is 39.2 Å². The van der Waals surface area contributed by atoms with Crippen LogP contribution in [-0.4, -0.2) is 39.2 Å². The maximum Gasteiger partial charge on any atom is 2.00 e. The fraction of sp³-hybridized carbons (Fsp3) is 0.882. The molecule has 0 aromatic heterocycles. The van der Waals surface area contributed by atoms with Gasteiger partial charge in [0.15, 0.2) is 0 Å². The molecule has 128 valence electrons. The maximum absolute atomic E-state index is 9.99. The van der Waals surface area contributed by atoms with Crippen LogP contribution < -0.4 is 10.2 Å². The summed E-state index contributed by atoms with van der Waals surface area (Å²) in [6.07, 6.45) is 7.46. The Hall–Kier alpha value is -0.138. The normalized spacial score (nSPS) is 9.91. The molecule has 22 heavy (non-hydrogen) atoms. The van der Waals surface area contributed by atoms with Crippen molar-refractivity contribution in [1.82, 2.24) is 0 Å². The Balaban J connectivity index is -0.000000315. The van der Waals surface area contributed by atoms with Gasteiger partial charge in [-0.05, 0) is 37.5 Å². The molecule has 0 heterocycles. The molecule has 0 aliphatic rings. The SMILES string of the molecule is CC(C)CCCCC(=O)[O-].CC(C)CCCCCC(=O)[O-].[Pb+2]. The summed E-state index contributed by atoms with van der Waals surface area (Å²) >= 11 is 0. The van der Waals surface area contributed by atoms with Gasteiger partial charge in [0.25, 0.3) is 0 Å². The fourth-order valence-corrected chi connectivity index (χ4v) is 1.82. The van der Waals surface area contributed by atoms with Gasteiger partial charge in [-0.25, -0.2) is 0 Å². The summed E-state index contributed by atoms with van der Waals surface area (Å²) in [5.74, 6) is -0.432. The van der Waals surface area contributed by atoms with E-state index in [4.69, 9.17) is 0 Å². The molecule has 0 unspecified atom stereocenters. The van der Waals surface area contributed by atoms with Crippen molar-refractivity contribution in [1.29, 1.82) is 0 Å². The molecule has 0 fully saturated rings. The van der Waals surface area contributed by atoms with E-state index in [1.54, 1.807) is 0 Å². The third-order valence-electron chi connectivity index (χ3n) is 3.07. The Morgan fingerprint density at radius 2 is 1.00 bits per heavy atom. The van der Waals surface area contributed by atoms with Crippen LogP contribution >= 0.6 is 0 Å². The first-order valence-corrected chi connectivity index (χ1v) is 8.15. The minimum Gasteiger partial charge on any atom is -0.550 e. The number of aliphatic carboxylic acids is 2. The molecule has 0 spiro atoms. The maximum atomic E-state index is 9.99. The zero-order chi connectivity index (χ0) is 16.7. The van der Waals surface area contributed by atoms with Crippen LogP contribution in [0, 0.1) is 11.8 Å². The Morgan fingerprint density at radius 3 is 1.32 bits per heavy atom. The summed E-state index contributed by atoms with van der Waals surface area (Å²) in [6, 6.07) is 0. The van der Waals surface area contributed by atoms with Crippen LogP contribution in [-0.2, 0) is 9.59 Å². The predicted molar refractivity (Wildman–Crippen MR) is 87.0 cm³/mol. The van der Waals surface area contributed by atoms with Crippen molar-refractivity contribution in [2.24, 2.45) is 11.8 Å². The number of carboxylic acids is 2. The summed E-state index contributed by atoms with van der Waals surface area (Å²) in [6.45, 7) is 8.63. The first-order chi connectivity index (χ1) is 9.75. The minimum absolute atomic E-state index is 0. The molecule has 0 atom stereocenters. The summed E-state index contributed by atoms with van der Waals surface area (Å²) in [5, 5.41) is 19.9. The minimum atomic E-state index is -0.927. The van der Waals surface area contributed by atoms with Gasteiger partial charge in [0.1, 0.15) is 0 Å². The van der Waals surface area contributed by atoms with Crippen molar-refractivity contribution in [2.45, 2.75) is 85.5 Å². The summed E-state index contributed by atoms with van der Waals surface area (Å²) in [7, 11) is 0. The van der Waals surface area contributed by atoms with E-state index in [0.717, 1.165) is 44.4 Å². The van der Waals surface area contributed by atoms with E-state index in [0.29, 0.717) is 5.92 Å². The topological polar surface area (TPSA) is 80.3 Å². The Morgan fingerprint density at radius 1 is 0.682 bits per heavy atom.